The van der Waals surface area contributed by atoms with Crippen molar-refractivity contribution in [3.63, 3.8) is 0 Å². The van der Waals surface area contributed by atoms with E-state index >= 15 is 0 Å². The van der Waals surface area contributed by atoms with Crippen LogP contribution in [0.4, 0.5) is 0 Å². The number of aromatic nitrogens is 2. The predicted octanol–water partition coefficient (Wildman–Crippen LogP) is 6.52. The molecule has 2 nitrogen and oxygen atoms in total. The van der Waals surface area contributed by atoms with Crippen molar-refractivity contribution in [1.29, 1.82) is 0 Å². The summed E-state index contributed by atoms with van der Waals surface area (Å²) < 4.78 is 4.86. The van der Waals surface area contributed by atoms with Crippen LogP contribution >= 0.6 is 11.3 Å². The third kappa shape index (κ3) is 2.28. The molecule has 5 aromatic rings. The van der Waals surface area contributed by atoms with Crippen molar-refractivity contribution in [2.24, 2.45) is 0 Å². The number of hydrogen-bond acceptors (Lipinski definition) is 2. The van der Waals surface area contributed by atoms with Crippen LogP contribution in [0.1, 0.15) is 11.1 Å². The molecule has 26 heavy (non-hydrogen) atoms. The van der Waals surface area contributed by atoms with Crippen LogP contribution in [0.5, 0.6) is 0 Å². The molecule has 0 saturated carbocycles. The van der Waals surface area contributed by atoms with Crippen molar-refractivity contribution in [1.82, 2.24) is 9.55 Å². The summed E-state index contributed by atoms with van der Waals surface area (Å²) in [7, 11) is 0. The van der Waals surface area contributed by atoms with E-state index in [4.69, 9.17) is 0 Å². The topological polar surface area (TPSA) is 17.8 Å². The maximum absolute atomic E-state index is 4.68. The van der Waals surface area contributed by atoms with E-state index in [9.17, 15) is 0 Å². The second-order valence-corrected chi connectivity index (χ2v) is 7.75. The number of hydrogen-bond donors (Lipinski definition) is 0. The van der Waals surface area contributed by atoms with Crippen LogP contribution in [-0.4, -0.2) is 9.55 Å². The summed E-state index contributed by atoms with van der Waals surface area (Å²) in [5.41, 5.74) is 4.88. The van der Waals surface area contributed by atoms with Crippen LogP contribution < -0.4 is 0 Å². The minimum absolute atomic E-state index is 0.986. The van der Waals surface area contributed by atoms with Crippen molar-refractivity contribution in [2.45, 2.75) is 13.8 Å². The standard InChI is InChI=1S/C23H18N2S/c1-15-6-5-7-16(2)22(15)25-13-12-24-23(25)17-10-11-21-19(14-17)18-8-3-4-9-20(18)26-21/h3-14H,1-2H3. The van der Waals surface area contributed by atoms with Crippen molar-refractivity contribution < 1.29 is 0 Å². The normalized spacial score (nSPS) is 11.5. The van der Waals surface area contributed by atoms with E-state index in [0.29, 0.717) is 0 Å². The smallest absolute Gasteiger partial charge is 0.144 e. The van der Waals surface area contributed by atoms with Gasteiger partial charge in [-0.15, -0.1) is 11.3 Å². The van der Waals surface area contributed by atoms with E-state index in [2.05, 4.69) is 90.3 Å². The highest BCUT2D eigenvalue weighted by molar-refractivity contribution is 7.25. The lowest BCUT2D eigenvalue weighted by Gasteiger charge is -2.14. The lowest BCUT2D eigenvalue weighted by Crippen LogP contribution is -2.01. The first-order chi connectivity index (χ1) is 12.7. The molecule has 0 saturated heterocycles. The molecule has 5 rings (SSSR count). The van der Waals surface area contributed by atoms with Crippen LogP contribution in [0.2, 0.25) is 0 Å². The van der Waals surface area contributed by atoms with E-state index in [-0.39, 0.29) is 0 Å². The van der Waals surface area contributed by atoms with Crippen molar-refractivity contribution >= 4 is 31.5 Å². The molecule has 0 bridgehead atoms. The van der Waals surface area contributed by atoms with E-state index < -0.39 is 0 Å². The second-order valence-electron chi connectivity index (χ2n) is 6.67. The molecule has 0 aliphatic rings. The Morgan fingerprint density at radius 1 is 0.808 bits per heavy atom. The number of benzene rings is 3. The number of thiophene rings is 1. The summed E-state index contributed by atoms with van der Waals surface area (Å²) in [6.45, 7) is 4.31. The Morgan fingerprint density at radius 2 is 1.58 bits per heavy atom. The van der Waals surface area contributed by atoms with Crippen molar-refractivity contribution in [2.75, 3.05) is 0 Å². The zero-order valence-corrected chi connectivity index (χ0v) is 15.5. The number of rotatable bonds is 2. The summed E-state index contributed by atoms with van der Waals surface area (Å²) in [6, 6.07) is 21.7. The highest BCUT2D eigenvalue weighted by Gasteiger charge is 2.13. The first kappa shape index (κ1) is 15.4. The number of fused-ring (bicyclic) bond motifs is 3. The van der Waals surface area contributed by atoms with Crippen molar-refractivity contribution in [3.8, 4) is 17.1 Å². The fraction of sp³-hybridized carbons (Fsp3) is 0.0870. The molecule has 0 atom stereocenters. The van der Waals surface area contributed by atoms with Gasteiger partial charge in [0.25, 0.3) is 0 Å². The minimum atomic E-state index is 0.986. The maximum Gasteiger partial charge on any atom is 0.144 e. The Hall–Kier alpha value is -2.91. The van der Waals surface area contributed by atoms with Gasteiger partial charge in [0.15, 0.2) is 0 Å². The quantitative estimate of drug-likeness (QED) is 0.353. The molecule has 0 aliphatic carbocycles. The van der Waals surface area contributed by atoms with E-state index in [1.54, 1.807) is 0 Å². The lowest BCUT2D eigenvalue weighted by molar-refractivity contribution is 1.03. The summed E-state index contributed by atoms with van der Waals surface area (Å²) in [6.07, 6.45) is 3.94. The van der Waals surface area contributed by atoms with Gasteiger partial charge in [-0.3, -0.25) is 4.57 Å². The SMILES string of the molecule is Cc1cccc(C)c1-n1ccnc1-c1ccc2sc3ccccc3c2c1. The summed E-state index contributed by atoms with van der Waals surface area (Å²) in [4.78, 5) is 4.68. The van der Waals surface area contributed by atoms with Gasteiger partial charge in [-0.1, -0.05) is 36.4 Å². The predicted molar refractivity (Wildman–Crippen MR) is 111 cm³/mol. The highest BCUT2D eigenvalue weighted by Crippen LogP contribution is 2.36. The summed E-state index contributed by atoms with van der Waals surface area (Å²) >= 11 is 1.85. The molecular formula is C23H18N2S. The molecule has 0 radical (unpaired) electrons. The van der Waals surface area contributed by atoms with Gasteiger partial charge in [0, 0.05) is 38.1 Å². The molecule has 0 aliphatic heterocycles. The van der Waals surface area contributed by atoms with Gasteiger partial charge in [-0.2, -0.15) is 0 Å². The first-order valence-electron chi connectivity index (χ1n) is 8.74. The van der Waals surface area contributed by atoms with Gasteiger partial charge in [-0.25, -0.2) is 4.98 Å². The molecule has 0 amide bonds. The maximum atomic E-state index is 4.68. The lowest BCUT2D eigenvalue weighted by atomic mass is 10.1. The molecule has 3 heteroatoms. The van der Waals surface area contributed by atoms with Crippen LogP contribution in [0, 0.1) is 13.8 Å². The Kier molecular flexibility index (Phi) is 3.44. The first-order valence-corrected chi connectivity index (χ1v) is 9.55. The highest BCUT2D eigenvalue weighted by atomic mass is 32.1. The average molecular weight is 354 g/mol. The molecule has 0 fully saturated rings. The minimum Gasteiger partial charge on any atom is -0.299 e. The molecule has 0 spiro atoms. The Morgan fingerprint density at radius 3 is 2.42 bits per heavy atom. The number of aryl methyl sites for hydroxylation is 2. The van der Waals surface area contributed by atoms with Crippen LogP contribution in [-0.2, 0) is 0 Å². The number of para-hydroxylation sites is 1. The zero-order chi connectivity index (χ0) is 17.7. The molecule has 2 heterocycles. The number of imidazole rings is 1. The van der Waals surface area contributed by atoms with E-state index in [1.807, 2.05) is 17.5 Å². The molecule has 0 unspecified atom stereocenters. The van der Waals surface area contributed by atoms with Crippen LogP contribution in [0.3, 0.4) is 0 Å². The Labute approximate surface area is 156 Å². The van der Waals surface area contributed by atoms with Gasteiger partial charge in [0.05, 0.1) is 5.69 Å². The summed E-state index contributed by atoms with van der Waals surface area (Å²) in [5, 5.41) is 2.62. The van der Waals surface area contributed by atoms with Crippen LogP contribution in [0.25, 0.3) is 37.2 Å². The fourth-order valence-corrected chi connectivity index (χ4v) is 4.83. The second kappa shape index (κ2) is 5.82. The van der Waals surface area contributed by atoms with Gasteiger partial charge < -0.3 is 0 Å². The van der Waals surface area contributed by atoms with Gasteiger partial charge in [-0.05, 0) is 49.2 Å². The molecule has 126 valence electrons. The molecule has 0 N–H and O–H groups in total. The zero-order valence-electron chi connectivity index (χ0n) is 14.7. The molecule has 2 aromatic heterocycles. The summed E-state index contributed by atoms with van der Waals surface area (Å²) in [5.74, 6) is 0.986. The van der Waals surface area contributed by atoms with Gasteiger partial charge in [0.2, 0.25) is 0 Å². The van der Waals surface area contributed by atoms with E-state index in [1.165, 1.54) is 37.0 Å². The van der Waals surface area contributed by atoms with Gasteiger partial charge >= 0.3 is 0 Å². The van der Waals surface area contributed by atoms with Crippen molar-refractivity contribution in [3.05, 3.63) is 84.2 Å². The largest absolute Gasteiger partial charge is 0.299 e. The average Bonchev–Trinajstić information content (AvgIpc) is 3.25. The Bertz CT molecular complexity index is 1240. The van der Waals surface area contributed by atoms with Crippen LogP contribution in [0.15, 0.2) is 73.1 Å². The van der Waals surface area contributed by atoms with E-state index in [0.717, 1.165) is 11.4 Å². The Balaban J connectivity index is 1.75. The van der Waals surface area contributed by atoms with Gasteiger partial charge in [0.1, 0.15) is 5.82 Å². The fourth-order valence-electron chi connectivity index (χ4n) is 3.75. The monoisotopic (exact) mass is 354 g/mol. The number of nitrogens with zero attached hydrogens (tertiary/aromatic N) is 2. The molecular weight excluding hydrogens is 336 g/mol. The third-order valence-electron chi connectivity index (χ3n) is 4.96. The third-order valence-corrected chi connectivity index (χ3v) is 6.11. The molecule has 3 aromatic carbocycles.